The molecular formula is C22H17FN4OS. The number of nitrogens with zero attached hydrogens (tertiary/aromatic N) is 4. The molecule has 29 heavy (non-hydrogen) atoms. The molecule has 0 amide bonds. The summed E-state index contributed by atoms with van der Waals surface area (Å²) in [5.41, 5.74) is 3.11. The second kappa shape index (κ2) is 6.63. The van der Waals surface area contributed by atoms with Crippen molar-refractivity contribution < 1.29 is 4.39 Å². The minimum absolute atomic E-state index is 0.257. The van der Waals surface area contributed by atoms with E-state index in [1.165, 1.54) is 16.6 Å². The Morgan fingerprint density at radius 1 is 1.03 bits per heavy atom. The number of aromatic nitrogens is 4. The lowest BCUT2D eigenvalue weighted by Gasteiger charge is -2.08. The molecule has 144 valence electrons. The maximum atomic E-state index is 13.3. The normalized spacial score (nSPS) is 11.6. The average molecular weight is 404 g/mol. The Balaban J connectivity index is 1.80. The fourth-order valence-electron chi connectivity index (χ4n) is 3.49. The van der Waals surface area contributed by atoms with E-state index in [1.54, 1.807) is 28.0 Å². The lowest BCUT2D eigenvalue weighted by Crippen LogP contribution is -2.27. The first kappa shape index (κ1) is 17.8. The molecule has 0 N–H and O–H groups in total. The number of rotatable bonds is 3. The fourth-order valence-corrected chi connectivity index (χ4v) is 4.64. The molecule has 3 aromatic heterocycles. The van der Waals surface area contributed by atoms with Gasteiger partial charge in [-0.1, -0.05) is 42.5 Å². The molecule has 0 bridgehead atoms. The maximum absolute atomic E-state index is 13.3. The number of hydrogen-bond donors (Lipinski definition) is 0. The summed E-state index contributed by atoms with van der Waals surface area (Å²) in [5, 5.41) is 5.45. The topological polar surface area (TPSA) is 52.2 Å². The van der Waals surface area contributed by atoms with Crippen molar-refractivity contribution in [1.82, 2.24) is 19.2 Å². The Hall–Kier alpha value is -3.32. The van der Waals surface area contributed by atoms with Crippen molar-refractivity contribution in [3.8, 4) is 11.4 Å². The lowest BCUT2D eigenvalue weighted by molar-refractivity contribution is 0.626. The highest BCUT2D eigenvalue weighted by molar-refractivity contribution is 7.19. The highest BCUT2D eigenvalue weighted by Crippen LogP contribution is 2.32. The van der Waals surface area contributed by atoms with Crippen LogP contribution >= 0.6 is 11.3 Å². The molecule has 0 atom stereocenters. The third-order valence-corrected chi connectivity index (χ3v) is 6.37. The Morgan fingerprint density at radius 2 is 1.76 bits per heavy atom. The van der Waals surface area contributed by atoms with E-state index >= 15 is 0 Å². The molecule has 0 saturated carbocycles. The van der Waals surface area contributed by atoms with E-state index < -0.39 is 0 Å². The Labute approximate surface area is 169 Å². The van der Waals surface area contributed by atoms with Gasteiger partial charge in [-0.3, -0.25) is 4.57 Å². The molecule has 0 unspecified atom stereocenters. The minimum Gasteiger partial charge on any atom is -0.278 e. The van der Waals surface area contributed by atoms with Crippen LogP contribution in [0.15, 0.2) is 59.4 Å². The molecule has 0 spiro atoms. The zero-order chi connectivity index (χ0) is 20.1. The first-order chi connectivity index (χ1) is 14.0. The van der Waals surface area contributed by atoms with Crippen LogP contribution in [0.3, 0.4) is 0 Å². The summed E-state index contributed by atoms with van der Waals surface area (Å²) in [7, 11) is 0. The fraction of sp³-hybridized carbons (Fsp3) is 0.136. The highest BCUT2D eigenvalue weighted by atomic mass is 32.1. The van der Waals surface area contributed by atoms with E-state index in [0.29, 0.717) is 18.0 Å². The zero-order valence-electron chi connectivity index (χ0n) is 15.9. The van der Waals surface area contributed by atoms with Crippen molar-refractivity contribution in [3.05, 3.63) is 86.9 Å². The summed E-state index contributed by atoms with van der Waals surface area (Å²) in [6.45, 7) is 4.42. The van der Waals surface area contributed by atoms with Gasteiger partial charge < -0.3 is 0 Å². The summed E-state index contributed by atoms with van der Waals surface area (Å²) in [5.74, 6) is 0.222. The van der Waals surface area contributed by atoms with Gasteiger partial charge in [0.1, 0.15) is 10.6 Å². The van der Waals surface area contributed by atoms with Gasteiger partial charge in [-0.15, -0.1) is 16.4 Å². The van der Waals surface area contributed by atoms with E-state index in [2.05, 4.69) is 5.10 Å². The van der Waals surface area contributed by atoms with Crippen LogP contribution in [0.1, 0.15) is 16.0 Å². The molecule has 5 nitrogen and oxygen atoms in total. The van der Waals surface area contributed by atoms with Crippen molar-refractivity contribution in [2.75, 3.05) is 0 Å². The van der Waals surface area contributed by atoms with Gasteiger partial charge in [0.05, 0.1) is 11.9 Å². The van der Waals surface area contributed by atoms with E-state index in [0.717, 1.165) is 31.8 Å². The summed E-state index contributed by atoms with van der Waals surface area (Å²) in [6.07, 6.45) is 0. The first-order valence-corrected chi connectivity index (χ1v) is 10.0. The SMILES string of the molecule is Cc1sc2c(c1C)c1nc(-c3ccccc3)nn1c(=O)n2Cc1ccc(F)cc1. The average Bonchev–Trinajstić information content (AvgIpc) is 3.29. The Kier molecular flexibility index (Phi) is 4.06. The van der Waals surface area contributed by atoms with Crippen LogP contribution in [0.4, 0.5) is 4.39 Å². The monoisotopic (exact) mass is 404 g/mol. The predicted octanol–water partition coefficient (Wildman–Crippen LogP) is 4.58. The van der Waals surface area contributed by atoms with Crippen molar-refractivity contribution in [2.45, 2.75) is 20.4 Å². The largest absolute Gasteiger partial charge is 0.352 e. The molecule has 0 aliphatic rings. The molecule has 0 aliphatic carbocycles. The molecule has 7 heteroatoms. The van der Waals surface area contributed by atoms with Crippen LogP contribution in [0.2, 0.25) is 0 Å². The third kappa shape index (κ3) is 2.86. The molecule has 5 aromatic rings. The second-order valence-electron chi connectivity index (χ2n) is 7.00. The number of aryl methyl sites for hydroxylation is 2. The zero-order valence-corrected chi connectivity index (χ0v) is 16.7. The number of benzene rings is 2. The van der Waals surface area contributed by atoms with Crippen LogP contribution in [-0.4, -0.2) is 19.2 Å². The van der Waals surface area contributed by atoms with Gasteiger partial charge in [-0.2, -0.15) is 4.52 Å². The molecule has 0 radical (unpaired) electrons. The predicted molar refractivity (Wildman–Crippen MR) is 113 cm³/mol. The molecule has 0 fully saturated rings. The smallest absolute Gasteiger partial charge is 0.278 e. The summed E-state index contributed by atoms with van der Waals surface area (Å²) < 4.78 is 16.4. The molecular weight excluding hydrogens is 387 g/mol. The first-order valence-electron chi connectivity index (χ1n) is 9.22. The lowest BCUT2D eigenvalue weighted by atomic mass is 10.2. The van der Waals surface area contributed by atoms with Gasteiger partial charge in [-0.05, 0) is 37.1 Å². The molecule has 5 rings (SSSR count). The van der Waals surface area contributed by atoms with Gasteiger partial charge >= 0.3 is 5.69 Å². The van der Waals surface area contributed by atoms with E-state index in [4.69, 9.17) is 4.98 Å². The summed E-state index contributed by atoms with van der Waals surface area (Å²) in [4.78, 5) is 20.0. The van der Waals surface area contributed by atoms with Crippen molar-refractivity contribution in [1.29, 1.82) is 0 Å². The Morgan fingerprint density at radius 3 is 2.48 bits per heavy atom. The van der Waals surface area contributed by atoms with Crippen molar-refractivity contribution in [3.63, 3.8) is 0 Å². The van der Waals surface area contributed by atoms with Crippen LogP contribution in [0, 0.1) is 19.7 Å². The van der Waals surface area contributed by atoms with Crippen molar-refractivity contribution >= 4 is 27.2 Å². The van der Waals surface area contributed by atoms with Crippen LogP contribution < -0.4 is 5.69 Å². The molecule has 0 aliphatic heterocycles. The Bertz CT molecular complexity index is 1420. The number of fused-ring (bicyclic) bond motifs is 3. The van der Waals surface area contributed by atoms with Crippen molar-refractivity contribution in [2.24, 2.45) is 0 Å². The molecule has 3 heterocycles. The standard InChI is InChI=1S/C22H17FN4OS/c1-13-14(2)29-21-18(13)20-24-19(16-6-4-3-5-7-16)25-27(20)22(28)26(21)12-15-8-10-17(23)11-9-15/h3-11H,12H2,1-2H3. The molecule has 0 saturated heterocycles. The van der Waals surface area contributed by atoms with E-state index in [9.17, 15) is 9.18 Å². The second-order valence-corrected chi connectivity index (χ2v) is 8.20. The third-order valence-electron chi connectivity index (χ3n) is 5.14. The van der Waals surface area contributed by atoms with Crippen LogP contribution in [-0.2, 0) is 6.54 Å². The van der Waals surface area contributed by atoms with Crippen LogP contribution in [0.25, 0.3) is 27.3 Å². The highest BCUT2D eigenvalue weighted by Gasteiger charge is 2.20. The molecule has 2 aromatic carbocycles. The maximum Gasteiger partial charge on any atom is 0.352 e. The van der Waals surface area contributed by atoms with Gasteiger partial charge in [0, 0.05) is 10.4 Å². The number of hydrogen-bond acceptors (Lipinski definition) is 4. The van der Waals surface area contributed by atoms with E-state index in [-0.39, 0.29) is 11.5 Å². The number of thiophene rings is 1. The number of halogens is 1. The van der Waals surface area contributed by atoms with Crippen LogP contribution in [0.5, 0.6) is 0 Å². The van der Waals surface area contributed by atoms with Gasteiger partial charge in [0.15, 0.2) is 11.5 Å². The van der Waals surface area contributed by atoms with Gasteiger partial charge in [-0.25, -0.2) is 14.2 Å². The minimum atomic E-state index is -0.298. The van der Waals surface area contributed by atoms with Gasteiger partial charge in [0.25, 0.3) is 0 Å². The summed E-state index contributed by atoms with van der Waals surface area (Å²) >= 11 is 1.57. The van der Waals surface area contributed by atoms with E-state index in [1.807, 2.05) is 44.2 Å². The summed E-state index contributed by atoms with van der Waals surface area (Å²) in [6, 6.07) is 15.8. The van der Waals surface area contributed by atoms with Gasteiger partial charge in [0.2, 0.25) is 0 Å². The quantitative estimate of drug-likeness (QED) is 0.442.